The molecule has 0 heterocycles. The van der Waals surface area contributed by atoms with Gasteiger partial charge in [0.15, 0.2) is 0 Å². The van der Waals surface area contributed by atoms with Crippen LogP contribution in [0, 0.1) is 0 Å². The van der Waals surface area contributed by atoms with Gasteiger partial charge in [0.25, 0.3) is 0 Å². The first-order valence-electron chi connectivity index (χ1n) is 5.70. The van der Waals surface area contributed by atoms with Crippen molar-refractivity contribution >= 4 is 5.69 Å². The molecule has 0 amide bonds. The van der Waals surface area contributed by atoms with Crippen LogP contribution in [0.1, 0.15) is 5.56 Å². The molecule has 19 heavy (non-hydrogen) atoms. The lowest BCUT2D eigenvalue weighted by Gasteiger charge is -2.09. The maximum atomic E-state index is 12.1. The van der Waals surface area contributed by atoms with E-state index in [2.05, 4.69) is 10.1 Å². The molecule has 0 radical (unpaired) electrons. The molecular formula is C14H13F2NO2. The first-order chi connectivity index (χ1) is 9.13. The number of anilines is 1. The summed E-state index contributed by atoms with van der Waals surface area (Å²) >= 11 is 0. The highest BCUT2D eigenvalue weighted by Crippen LogP contribution is 2.20. The van der Waals surface area contributed by atoms with Crippen molar-refractivity contribution in [2.24, 2.45) is 0 Å². The molecule has 0 aliphatic heterocycles. The molecule has 0 aliphatic carbocycles. The first-order valence-corrected chi connectivity index (χ1v) is 5.70. The molecule has 0 aromatic heterocycles. The second-order valence-electron chi connectivity index (χ2n) is 3.93. The van der Waals surface area contributed by atoms with Crippen molar-refractivity contribution in [1.29, 1.82) is 0 Å². The van der Waals surface area contributed by atoms with E-state index in [4.69, 9.17) is 0 Å². The van der Waals surface area contributed by atoms with Crippen LogP contribution in [0.4, 0.5) is 14.5 Å². The van der Waals surface area contributed by atoms with Gasteiger partial charge < -0.3 is 15.2 Å². The Morgan fingerprint density at radius 2 is 1.89 bits per heavy atom. The number of phenols is 1. The van der Waals surface area contributed by atoms with Crippen LogP contribution in [-0.2, 0) is 6.54 Å². The Labute approximate surface area is 109 Å². The number of alkyl halides is 2. The third kappa shape index (κ3) is 4.13. The van der Waals surface area contributed by atoms with Crippen molar-refractivity contribution in [3.05, 3.63) is 54.1 Å². The van der Waals surface area contributed by atoms with Gasteiger partial charge in [-0.1, -0.05) is 18.2 Å². The van der Waals surface area contributed by atoms with Gasteiger partial charge in [-0.2, -0.15) is 8.78 Å². The van der Waals surface area contributed by atoms with Crippen LogP contribution in [0.25, 0.3) is 0 Å². The van der Waals surface area contributed by atoms with Crippen LogP contribution in [0.2, 0.25) is 0 Å². The Morgan fingerprint density at radius 1 is 1.11 bits per heavy atom. The maximum absolute atomic E-state index is 12.1. The highest BCUT2D eigenvalue weighted by Gasteiger charge is 2.04. The summed E-state index contributed by atoms with van der Waals surface area (Å²) in [6.45, 7) is -2.35. The molecule has 0 atom stereocenters. The van der Waals surface area contributed by atoms with E-state index in [-0.39, 0.29) is 11.5 Å². The van der Waals surface area contributed by atoms with Gasteiger partial charge in [-0.15, -0.1) is 0 Å². The summed E-state index contributed by atoms with van der Waals surface area (Å²) in [5, 5.41) is 12.4. The first kappa shape index (κ1) is 13.1. The summed E-state index contributed by atoms with van der Waals surface area (Å²) in [4.78, 5) is 0. The Kier molecular flexibility index (Phi) is 4.18. The Balaban J connectivity index is 1.99. The fraction of sp³-hybridized carbons (Fsp3) is 0.143. The van der Waals surface area contributed by atoms with E-state index in [1.165, 1.54) is 12.1 Å². The number of benzene rings is 2. The second-order valence-corrected chi connectivity index (χ2v) is 3.93. The van der Waals surface area contributed by atoms with Gasteiger partial charge in [0.05, 0.1) is 0 Å². The molecular weight excluding hydrogens is 252 g/mol. The molecule has 0 saturated heterocycles. The fourth-order valence-corrected chi connectivity index (χ4v) is 1.65. The monoisotopic (exact) mass is 265 g/mol. The average molecular weight is 265 g/mol. The maximum Gasteiger partial charge on any atom is 0.387 e. The summed E-state index contributed by atoms with van der Waals surface area (Å²) in [5.74, 6) is 0.296. The van der Waals surface area contributed by atoms with Crippen molar-refractivity contribution in [2.75, 3.05) is 5.32 Å². The molecule has 0 aliphatic rings. The molecule has 2 N–H and O–H groups in total. The van der Waals surface area contributed by atoms with Crippen LogP contribution in [-0.4, -0.2) is 11.7 Å². The molecule has 2 aromatic rings. The Bertz CT molecular complexity index is 546. The van der Waals surface area contributed by atoms with E-state index in [1.54, 1.807) is 30.3 Å². The molecule has 0 bridgehead atoms. The van der Waals surface area contributed by atoms with E-state index < -0.39 is 6.61 Å². The van der Waals surface area contributed by atoms with Gasteiger partial charge in [0.2, 0.25) is 0 Å². The molecule has 0 saturated carbocycles. The van der Waals surface area contributed by atoms with Gasteiger partial charge in [-0.05, 0) is 29.8 Å². The largest absolute Gasteiger partial charge is 0.508 e. The Hall–Kier alpha value is -2.30. The predicted octanol–water partition coefficient (Wildman–Crippen LogP) is 3.61. The minimum atomic E-state index is -2.83. The number of hydrogen-bond acceptors (Lipinski definition) is 3. The number of ether oxygens (including phenoxy) is 1. The number of halogens is 2. The van der Waals surface area contributed by atoms with Crippen molar-refractivity contribution < 1.29 is 18.6 Å². The molecule has 0 fully saturated rings. The van der Waals surface area contributed by atoms with E-state index in [0.717, 1.165) is 5.56 Å². The molecule has 5 heteroatoms. The highest BCUT2D eigenvalue weighted by atomic mass is 19.3. The third-order valence-corrected chi connectivity index (χ3v) is 2.47. The number of rotatable bonds is 5. The topological polar surface area (TPSA) is 41.5 Å². The normalized spacial score (nSPS) is 10.5. The zero-order valence-corrected chi connectivity index (χ0v) is 10.0. The minimum Gasteiger partial charge on any atom is -0.508 e. The summed E-state index contributed by atoms with van der Waals surface area (Å²) in [7, 11) is 0. The van der Waals surface area contributed by atoms with Gasteiger partial charge in [-0.3, -0.25) is 0 Å². The lowest BCUT2D eigenvalue weighted by atomic mass is 10.2. The quantitative estimate of drug-likeness (QED) is 0.867. The smallest absolute Gasteiger partial charge is 0.387 e. The molecule has 2 aromatic carbocycles. The van der Waals surface area contributed by atoms with Gasteiger partial charge in [0, 0.05) is 18.3 Å². The van der Waals surface area contributed by atoms with Gasteiger partial charge >= 0.3 is 6.61 Å². The fourth-order valence-electron chi connectivity index (χ4n) is 1.65. The van der Waals surface area contributed by atoms with E-state index in [9.17, 15) is 13.9 Å². The van der Waals surface area contributed by atoms with Crippen molar-refractivity contribution in [2.45, 2.75) is 13.2 Å². The van der Waals surface area contributed by atoms with Gasteiger partial charge in [-0.25, -0.2) is 0 Å². The summed E-state index contributed by atoms with van der Waals surface area (Å²) in [6.07, 6.45) is 0. The summed E-state index contributed by atoms with van der Waals surface area (Å²) in [5.41, 5.74) is 1.56. The number of phenolic OH excluding ortho intramolecular Hbond substituents is 1. The van der Waals surface area contributed by atoms with Crippen LogP contribution >= 0.6 is 0 Å². The standard InChI is InChI=1S/C14H13F2NO2/c15-14(16)19-13-6-2-4-11(8-13)17-9-10-3-1-5-12(18)7-10/h1-8,14,17-18H,9H2. The number of nitrogens with one attached hydrogen (secondary N) is 1. The Morgan fingerprint density at radius 3 is 2.63 bits per heavy atom. The SMILES string of the molecule is Oc1cccc(CNc2cccc(OC(F)F)c2)c1. The number of aromatic hydroxyl groups is 1. The third-order valence-electron chi connectivity index (χ3n) is 2.47. The second kappa shape index (κ2) is 6.04. The average Bonchev–Trinajstić information content (AvgIpc) is 2.36. The highest BCUT2D eigenvalue weighted by molar-refractivity contribution is 5.48. The number of hydrogen-bond donors (Lipinski definition) is 2. The zero-order valence-electron chi connectivity index (χ0n) is 10.0. The molecule has 0 spiro atoms. The zero-order chi connectivity index (χ0) is 13.7. The lowest BCUT2D eigenvalue weighted by Crippen LogP contribution is -2.03. The summed E-state index contributed by atoms with van der Waals surface area (Å²) < 4.78 is 28.5. The van der Waals surface area contributed by atoms with E-state index >= 15 is 0 Å². The molecule has 0 unspecified atom stereocenters. The van der Waals surface area contributed by atoms with Crippen molar-refractivity contribution in [3.8, 4) is 11.5 Å². The van der Waals surface area contributed by atoms with Crippen LogP contribution in [0.5, 0.6) is 11.5 Å². The van der Waals surface area contributed by atoms with Crippen LogP contribution < -0.4 is 10.1 Å². The van der Waals surface area contributed by atoms with Gasteiger partial charge in [0.1, 0.15) is 11.5 Å². The predicted molar refractivity (Wildman–Crippen MR) is 68.5 cm³/mol. The molecule has 2 rings (SSSR count). The molecule has 3 nitrogen and oxygen atoms in total. The minimum absolute atomic E-state index is 0.107. The van der Waals surface area contributed by atoms with Crippen LogP contribution in [0.15, 0.2) is 48.5 Å². The molecule has 100 valence electrons. The van der Waals surface area contributed by atoms with E-state index in [1.807, 2.05) is 6.07 Å². The van der Waals surface area contributed by atoms with E-state index in [0.29, 0.717) is 12.2 Å². The van der Waals surface area contributed by atoms with Crippen molar-refractivity contribution in [3.63, 3.8) is 0 Å². The lowest BCUT2D eigenvalue weighted by molar-refractivity contribution is -0.0498. The summed E-state index contributed by atoms with van der Waals surface area (Å²) in [6, 6.07) is 13.1. The van der Waals surface area contributed by atoms with Crippen LogP contribution in [0.3, 0.4) is 0 Å². The van der Waals surface area contributed by atoms with Crippen molar-refractivity contribution in [1.82, 2.24) is 0 Å².